The van der Waals surface area contributed by atoms with Crippen LogP contribution in [-0.4, -0.2) is 80.2 Å². The Morgan fingerprint density at radius 2 is 1.87 bits per heavy atom. The number of anilines is 1. The maximum atomic E-state index is 13.1. The number of hydrogen-bond donors (Lipinski definition) is 5. The minimum Gasteiger partial charge on any atom is -0.508 e. The van der Waals surface area contributed by atoms with Gasteiger partial charge < -0.3 is 35.6 Å². The molecule has 52 heavy (non-hydrogen) atoms. The lowest BCUT2D eigenvalue weighted by Crippen LogP contribution is -2.52. The SMILES string of the molecule is CC(C)c1cc(C(N)=Nc2ccc3c(ccn3CCN(C)CCCCC(=O)Nc3cccc4c3CN(C3CCC(=O)NC3=O)C4=O)c2)c(O)cc1O. The first-order valence-electron chi connectivity index (χ1n) is 17.6. The van der Waals surface area contributed by atoms with E-state index in [0.29, 0.717) is 46.5 Å². The number of hydrogen-bond acceptors (Lipinski definition) is 8. The number of likely N-dealkylation sites (N-methyl/N-ethyl adjacent to an activating group) is 1. The van der Waals surface area contributed by atoms with Crippen LogP contribution >= 0.6 is 0 Å². The van der Waals surface area contributed by atoms with Crippen molar-refractivity contribution in [1.29, 1.82) is 0 Å². The third-order valence-electron chi connectivity index (χ3n) is 9.82. The molecule has 3 aromatic carbocycles. The molecule has 4 amide bonds. The average molecular weight is 708 g/mol. The summed E-state index contributed by atoms with van der Waals surface area (Å²) in [5, 5.41) is 26.8. The Balaban J connectivity index is 0.965. The number of carbonyl (C=O) groups excluding carboxylic acids is 4. The molecule has 6 rings (SSSR count). The lowest BCUT2D eigenvalue weighted by molar-refractivity contribution is -0.137. The normalized spacial score (nSPS) is 16.2. The van der Waals surface area contributed by atoms with Crippen LogP contribution in [0, 0.1) is 0 Å². The molecular formula is C39H45N7O6. The molecule has 1 unspecified atom stereocenters. The van der Waals surface area contributed by atoms with Crippen molar-refractivity contribution in [3.05, 3.63) is 83.0 Å². The third-order valence-corrected chi connectivity index (χ3v) is 9.82. The van der Waals surface area contributed by atoms with E-state index in [0.717, 1.165) is 37.0 Å². The smallest absolute Gasteiger partial charge is 0.255 e. The Morgan fingerprint density at radius 3 is 2.63 bits per heavy atom. The van der Waals surface area contributed by atoms with Crippen LogP contribution in [0.25, 0.3) is 10.9 Å². The highest BCUT2D eigenvalue weighted by Gasteiger charge is 2.40. The van der Waals surface area contributed by atoms with E-state index in [9.17, 15) is 29.4 Å². The van der Waals surface area contributed by atoms with Crippen LogP contribution < -0.4 is 16.4 Å². The molecule has 1 fully saturated rings. The second-order valence-electron chi connectivity index (χ2n) is 13.9. The third kappa shape index (κ3) is 7.79. The van der Waals surface area contributed by atoms with E-state index in [1.165, 1.54) is 11.0 Å². The van der Waals surface area contributed by atoms with E-state index < -0.39 is 11.9 Å². The number of imide groups is 1. The lowest BCUT2D eigenvalue weighted by atomic mass is 9.98. The molecule has 2 aliphatic rings. The fourth-order valence-electron chi connectivity index (χ4n) is 6.89. The molecule has 1 saturated heterocycles. The second-order valence-corrected chi connectivity index (χ2v) is 13.9. The van der Waals surface area contributed by atoms with Crippen molar-refractivity contribution in [3.8, 4) is 11.5 Å². The van der Waals surface area contributed by atoms with Gasteiger partial charge in [0, 0.05) is 72.5 Å². The molecule has 4 aromatic rings. The number of unbranched alkanes of at least 4 members (excludes halogenated alkanes) is 1. The highest BCUT2D eigenvalue weighted by molar-refractivity contribution is 6.07. The zero-order valence-electron chi connectivity index (χ0n) is 29.7. The topological polar surface area (TPSA) is 183 Å². The maximum absolute atomic E-state index is 13.1. The number of amidine groups is 1. The predicted molar refractivity (Wildman–Crippen MR) is 199 cm³/mol. The number of piperidine rings is 1. The summed E-state index contributed by atoms with van der Waals surface area (Å²) in [5.74, 6) is -1.09. The number of aliphatic imine (C=N–C) groups is 1. The van der Waals surface area contributed by atoms with Crippen molar-refractivity contribution < 1.29 is 29.4 Å². The molecule has 1 aromatic heterocycles. The second kappa shape index (κ2) is 15.3. The highest BCUT2D eigenvalue weighted by Crippen LogP contribution is 2.34. The first kappa shape index (κ1) is 36.1. The van der Waals surface area contributed by atoms with Gasteiger partial charge >= 0.3 is 0 Å². The van der Waals surface area contributed by atoms with Gasteiger partial charge in [0.1, 0.15) is 23.4 Å². The summed E-state index contributed by atoms with van der Waals surface area (Å²) < 4.78 is 2.18. The standard InChI is InChI=1S/C39H45N7O6/c1-23(2)27-20-28(34(48)21-33(27)47)37(40)41-25-10-11-31-24(19-25)14-16-45(31)18-17-44(3)15-5-4-9-35(49)42-30-8-6-7-26-29(30)22-46(39(26)52)32-12-13-36(50)43-38(32)51/h6-8,10-11,14,16,19-21,23,32,47-48H,4-5,9,12-13,15,17-18,22H2,1-3H3,(H2,40,41)(H,42,49)(H,43,50,51). The lowest BCUT2D eigenvalue weighted by Gasteiger charge is -2.29. The minimum atomic E-state index is -0.708. The average Bonchev–Trinajstić information content (AvgIpc) is 3.66. The number of amides is 4. The zero-order chi connectivity index (χ0) is 37.1. The van der Waals surface area contributed by atoms with Crippen LogP contribution in [0.2, 0.25) is 0 Å². The van der Waals surface area contributed by atoms with Gasteiger partial charge in [0.15, 0.2) is 0 Å². The van der Waals surface area contributed by atoms with Crippen molar-refractivity contribution in [2.24, 2.45) is 10.7 Å². The first-order chi connectivity index (χ1) is 24.9. The van der Waals surface area contributed by atoms with Crippen LogP contribution in [0.4, 0.5) is 11.4 Å². The number of nitrogens with zero attached hydrogens (tertiary/aromatic N) is 4. The Bertz CT molecular complexity index is 2070. The molecule has 0 saturated carbocycles. The highest BCUT2D eigenvalue weighted by atomic mass is 16.3. The van der Waals surface area contributed by atoms with Crippen molar-refractivity contribution in [2.45, 2.75) is 71.0 Å². The Labute approximate surface area is 302 Å². The molecule has 13 heteroatoms. The van der Waals surface area contributed by atoms with Gasteiger partial charge in [0.05, 0.1) is 11.3 Å². The summed E-state index contributed by atoms with van der Waals surface area (Å²) in [5.41, 5.74) is 10.8. The van der Waals surface area contributed by atoms with E-state index >= 15 is 0 Å². The Hall–Kier alpha value is -5.69. The summed E-state index contributed by atoms with van der Waals surface area (Å²) in [6, 6.07) is 15.3. The van der Waals surface area contributed by atoms with Crippen LogP contribution in [-0.2, 0) is 27.5 Å². The maximum Gasteiger partial charge on any atom is 0.255 e. The number of aromatic hydroxyl groups is 2. The number of nitrogens with one attached hydrogen (secondary N) is 2. The summed E-state index contributed by atoms with van der Waals surface area (Å²) in [4.78, 5) is 58.2. The number of carbonyl (C=O) groups is 4. The molecule has 6 N–H and O–H groups in total. The van der Waals surface area contributed by atoms with Gasteiger partial charge in [-0.15, -0.1) is 0 Å². The molecule has 0 radical (unpaired) electrons. The fourth-order valence-corrected chi connectivity index (χ4v) is 6.89. The van der Waals surface area contributed by atoms with Gasteiger partial charge in [0.25, 0.3) is 5.91 Å². The summed E-state index contributed by atoms with van der Waals surface area (Å²) in [6.45, 7) is 6.52. The monoisotopic (exact) mass is 707 g/mol. The predicted octanol–water partition coefficient (Wildman–Crippen LogP) is 4.71. The number of fused-ring (bicyclic) bond motifs is 2. The van der Waals surface area contributed by atoms with Crippen LogP contribution in [0.5, 0.6) is 11.5 Å². The number of benzene rings is 3. The molecule has 0 aliphatic carbocycles. The Kier molecular flexibility index (Phi) is 10.6. The van der Waals surface area contributed by atoms with Gasteiger partial charge in [0.2, 0.25) is 17.7 Å². The number of nitrogens with two attached hydrogens (primary N) is 1. The number of rotatable bonds is 13. The minimum absolute atomic E-state index is 0.0238. The number of aromatic nitrogens is 1. The van der Waals surface area contributed by atoms with Crippen LogP contribution in [0.15, 0.2) is 65.8 Å². The molecule has 0 spiro atoms. The quantitative estimate of drug-likeness (QED) is 0.0573. The van der Waals surface area contributed by atoms with E-state index in [1.807, 2.05) is 44.3 Å². The molecule has 2 aliphatic heterocycles. The van der Waals surface area contributed by atoms with E-state index in [1.54, 1.807) is 24.3 Å². The van der Waals surface area contributed by atoms with E-state index in [-0.39, 0.29) is 60.4 Å². The molecule has 13 nitrogen and oxygen atoms in total. The van der Waals surface area contributed by atoms with E-state index in [4.69, 9.17) is 5.73 Å². The first-order valence-corrected chi connectivity index (χ1v) is 17.6. The number of phenolic OH excluding ortho intramolecular Hbond substituents is 2. The van der Waals surface area contributed by atoms with Crippen molar-refractivity contribution in [3.63, 3.8) is 0 Å². The molecule has 0 bridgehead atoms. The summed E-state index contributed by atoms with van der Waals surface area (Å²) in [6.07, 6.45) is 4.38. The van der Waals surface area contributed by atoms with Gasteiger partial charge in [-0.05, 0) is 86.8 Å². The van der Waals surface area contributed by atoms with Gasteiger partial charge in [-0.25, -0.2) is 4.99 Å². The summed E-state index contributed by atoms with van der Waals surface area (Å²) in [7, 11) is 2.06. The fraction of sp³-hybridized carbons (Fsp3) is 0.359. The number of phenols is 2. The molecule has 272 valence electrons. The molecular weight excluding hydrogens is 662 g/mol. The Morgan fingerprint density at radius 1 is 1.06 bits per heavy atom. The molecule has 3 heterocycles. The van der Waals surface area contributed by atoms with Crippen molar-refractivity contribution in [1.82, 2.24) is 19.7 Å². The van der Waals surface area contributed by atoms with Crippen molar-refractivity contribution in [2.75, 3.05) is 25.5 Å². The van der Waals surface area contributed by atoms with E-state index in [2.05, 4.69) is 32.1 Å². The van der Waals surface area contributed by atoms with Crippen LogP contribution in [0.1, 0.15) is 78.9 Å². The largest absolute Gasteiger partial charge is 0.508 e. The molecule has 1 atom stereocenters. The van der Waals surface area contributed by atoms with Gasteiger partial charge in [-0.2, -0.15) is 0 Å². The van der Waals surface area contributed by atoms with Gasteiger partial charge in [-0.1, -0.05) is 19.9 Å². The van der Waals surface area contributed by atoms with Gasteiger partial charge in [-0.3, -0.25) is 24.5 Å². The van der Waals surface area contributed by atoms with Crippen molar-refractivity contribution >= 4 is 51.7 Å². The van der Waals surface area contributed by atoms with Crippen LogP contribution in [0.3, 0.4) is 0 Å². The zero-order valence-corrected chi connectivity index (χ0v) is 29.7. The summed E-state index contributed by atoms with van der Waals surface area (Å²) >= 11 is 0.